The summed E-state index contributed by atoms with van der Waals surface area (Å²) in [5, 5.41) is 13.0. The highest BCUT2D eigenvalue weighted by molar-refractivity contribution is 8.00. The van der Waals surface area contributed by atoms with Gasteiger partial charge in [0.25, 0.3) is 0 Å². The molecule has 4 nitrogen and oxygen atoms in total. The van der Waals surface area contributed by atoms with Crippen LogP contribution in [0.4, 0.5) is 5.69 Å². The maximum atomic E-state index is 12.9. The van der Waals surface area contributed by atoms with Crippen molar-refractivity contribution in [2.75, 3.05) is 5.32 Å². The molecular weight excluding hydrogens is 366 g/mol. The Morgan fingerprint density at radius 1 is 1.39 bits per heavy atom. The van der Waals surface area contributed by atoms with Gasteiger partial charge in [-0.15, -0.1) is 0 Å². The summed E-state index contributed by atoms with van der Waals surface area (Å²) in [5.41, 5.74) is 5.91. The Balaban J connectivity index is 1.80. The van der Waals surface area contributed by atoms with Crippen molar-refractivity contribution in [3.8, 4) is 6.07 Å². The van der Waals surface area contributed by atoms with E-state index < -0.39 is 0 Å². The van der Waals surface area contributed by atoms with E-state index in [1.54, 1.807) is 0 Å². The zero-order valence-corrected chi connectivity index (χ0v) is 17.8. The molecular formula is C23H27N3OS. The van der Waals surface area contributed by atoms with Crippen LogP contribution in [0.2, 0.25) is 0 Å². The van der Waals surface area contributed by atoms with Crippen LogP contribution < -0.4 is 5.32 Å². The number of nitrogens with one attached hydrogen (secondary N) is 1. The second-order valence-corrected chi connectivity index (χ2v) is 8.92. The fourth-order valence-electron chi connectivity index (χ4n) is 3.62. The van der Waals surface area contributed by atoms with Crippen LogP contribution in [0.25, 0.3) is 0 Å². The number of aromatic nitrogens is 1. The molecule has 0 saturated carbocycles. The van der Waals surface area contributed by atoms with E-state index in [0.29, 0.717) is 22.9 Å². The first-order chi connectivity index (χ1) is 13.4. The van der Waals surface area contributed by atoms with Gasteiger partial charge in [-0.05, 0) is 68.7 Å². The van der Waals surface area contributed by atoms with Crippen LogP contribution in [0.5, 0.6) is 0 Å². The molecule has 1 aromatic carbocycles. The van der Waals surface area contributed by atoms with E-state index in [1.807, 2.05) is 39.0 Å². The average molecular weight is 394 g/mol. The van der Waals surface area contributed by atoms with Crippen LogP contribution in [-0.2, 0) is 17.6 Å². The third-order valence-electron chi connectivity index (χ3n) is 5.28. The zero-order valence-electron chi connectivity index (χ0n) is 17.0. The Hall–Kier alpha value is -2.32. The van der Waals surface area contributed by atoms with Gasteiger partial charge >= 0.3 is 0 Å². The number of hydrogen-bond donors (Lipinski definition) is 1. The van der Waals surface area contributed by atoms with Gasteiger partial charge in [0.15, 0.2) is 0 Å². The summed E-state index contributed by atoms with van der Waals surface area (Å²) in [6.45, 7) is 8.26. The number of thioether (sulfide) groups is 1. The molecule has 0 fully saturated rings. The molecule has 1 N–H and O–H groups in total. The number of nitrogens with zero attached hydrogens (tertiary/aromatic N) is 2. The SMILES string of the molecule is CCC(Sc1nc2c(cc1C#N)CC(C)CC2)C(=O)Nc1ccc(C)cc1C. The summed E-state index contributed by atoms with van der Waals surface area (Å²) in [6, 6.07) is 10.3. The molecule has 1 aliphatic rings. The lowest BCUT2D eigenvalue weighted by atomic mass is 9.87. The van der Waals surface area contributed by atoms with Crippen LogP contribution >= 0.6 is 11.8 Å². The van der Waals surface area contributed by atoms with Gasteiger partial charge in [0.1, 0.15) is 11.1 Å². The number of pyridine rings is 1. The summed E-state index contributed by atoms with van der Waals surface area (Å²) in [7, 11) is 0. The summed E-state index contributed by atoms with van der Waals surface area (Å²) in [4.78, 5) is 17.7. The van der Waals surface area contributed by atoms with Crippen LogP contribution in [0, 0.1) is 31.1 Å². The molecule has 0 radical (unpaired) electrons. The van der Waals surface area contributed by atoms with Gasteiger partial charge in [0, 0.05) is 11.4 Å². The number of hydrogen-bond acceptors (Lipinski definition) is 4. The molecule has 5 heteroatoms. The Bertz CT molecular complexity index is 932. The van der Waals surface area contributed by atoms with Gasteiger partial charge < -0.3 is 5.32 Å². The van der Waals surface area contributed by atoms with Gasteiger partial charge in [0.05, 0.1) is 10.8 Å². The molecule has 2 aromatic rings. The number of carbonyl (C=O) groups excluding carboxylic acids is 1. The number of anilines is 1. The lowest BCUT2D eigenvalue weighted by Gasteiger charge is -2.22. The molecule has 28 heavy (non-hydrogen) atoms. The fraction of sp³-hybridized carbons (Fsp3) is 0.435. The van der Waals surface area contributed by atoms with E-state index in [1.165, 1.54) is 22.9 Å². The molecule has 0 bridgehead atoms. The molecule has 146 valence electrons. The number of aryl methyl sites for hydroxylation is 3. The Morgan fingerprint density at radius 3 is 2.86 bits per heavy atom. The summed E-state index contributed by atoms with van der Waals surface area (Å²) >= 11 is 1.40. The standard InChI is InChI=1S/C23H27N3OS/c1-5-21(22(27)25-19-8-6-14(2)10-16(19)4)28-23-18(13-24)12-17-11-15(3)7-9-20(17)26-23/h6,8,10,12,15,21H,5,7,9,11H2,1-4H3,(H,25,27). The molecule has 1 amide bonds. The largest absolute Gasteiger partial charge is 0.325 e. The molecule has 1 heterocycles. The van der Waals surface area contributed by atoms with Crippen molar-refractivity contribution in [1.29, 1.82) is 5.26 Å². The van der Waals surface area contributed by atoms with E-state index in [2.05, 4.69) is 24.4 Å². The third-order valence-corrected chi connectivity index (χ3v) is 6.64. The number of carbonyl (C=O) groups is 1. The first-order valence-corrected chi connectivity index (χ1v) is 10.8. The van der Waals surface area contributed by atoms with E-state index in [4.69, 9.17) is 4.98 Å². The average Bonchev–Trinajstić information content (AvgIpc) is 2.67. The quantitative estimate of drug-likeness (QED) is 0.709. The minimum atomic E-state index is -0.291. The molecule has 2 atom stereocenters. The summed E-state index contributed by atoms with van der Waals surface area (Å²) in [6.07, 6.45) is 3.72. The highest BCUT2D eigenvalue weighted by Crippen LogP contribution is 2.32. The summed E-state index contributed by atoms with van der Waals surface area (Å²) < 4.78 is 0. The number of rotatable bonds is 5. The number of amides is 1. The van der Waals surface area contributed by atoms with Crippen LogP contribution in [0.3, 0.4) is 0 Å². The van der Waals surface area contributed by atoms with Crippen molar-refractivity contribution in [3.05, 3.63) is 52.2 Å². The van der Waals surface area contributed by atoms with Crippen molar-refractivity contribution in [1.82, 2.24) is 4.98 Å². The molecule has 3 rings (SSSR count). The number of nitriles is 1. The predicted molar refractivity (Wildman–Crippen MR) is 115 cm³/mol. The zero-order chi connectivity index (χ0) is 20.3. The van der Waals surface area contributed by atoms with Crippen LogP contribution in [0.15, 0.2) is 29.3 Å². The lowest BCUT2D eigenvalue weighted by molar-refractivity contribution is -0.115. The first-order valence-electron chi connectivity index (χ1n) is 9.89. The maximum absolute atomic E-state index is 12.9. The normalized spacial score (nSPS) is 16.8. The first kappa shape index (κ1) is 20.4. The minimum absolute atomic E-state index is 0.0449. The topological polar surface area (TPSA) is 65.8 Å². The van der Waals surface area contributed by atoms with Crippen molar-refractivity contribution >= 4 is 23.4 Å². The van der Waals surface area contributed by atoms with Crippen LogP contribution in [0.1, 0.15) is 54.6 Å². The van der Waals surface area contributed by atoms with Gasteiger partial charge in [-0.2, -0.15) is 5.26 Å². The van der Waals surface area contributed by atoms with E-state index in [0.717, 1.165) is 36.2 Å². The maximum Gasteiger partial charge on any atom is 0.237 e. The van der Waals surface area contributed by atoms with Gasteiger partial charge in [-0.3, -0.25) is 4.79 Å². The number of fused-ring (bicyclic) bond motifs is 1. The van der Waals surface area contributed by atoms with E-state index in [-0.39, 0.29) is 11.2 Å². The van der Waals surface area contributed by atoms with Crippen molar-refractivity contribution in [2.24, 2.45) is 5.92 Å². The molecule has 0 aliphatic heterocycles. The monoisotopic (exact) mass is 393 g/mol. The van der Waals surface area contributed by atoms with Gasteiger partial charge in [-0.25, -0.2) is 4.98 Å². The predicted octanol–water partition coefficient (Wildman–Crippen LogP) is 5.20. The molecule has 2 unspecified atom stereocenters. The van der Waals surface area contributed by atoms with Gasteiger partial charge in [0.2, 0.25) is 5.91 Å². The third kappa shape index (κ3) is 4.56. The molecule has 1 aromatic heterocycles. The fourth-order valence-corrected chi connectivity index (χ4v) is 4.62. The van der Waals surface area contributed by atoms with Crippen molar-refractivity contribution < 1.29 is 4.79 Å². The second kappa shape index (κ2) is 8.79. The van der Waals surface area contributed by atoms with Crippen molar-refractivity contribution in [3.63, 3.8) is 0 Å². The van der Waals surface area contributed by atoms with Gasteiger partial charge in [-0.1, -0.05) is 43.3 Å². The lowest BCUT2D eigenvalue weighted by Crippen LogP contribution is -2.25. The number of benzene rings is 1. The van der Waals surface area contributed by atoms with Crippen LogP contribution in [-0.4, -0.2) is 16.1 Å². The highest BCUT2D eigenvalue weighted by Gasteiger charge is 2.24. The Kier molecular flexibility index (Phi) is 6.41. The minimum Gasteiger partial charge on any atom is -0.325 e. The molecule has 1 aliphatic carbocycles. The molecule has 0 saturated heterocycles. The Morgan fingerprint density at radius 2 is 2.18 bits per heavy atom. The molecule has 0 spiro atoms. The van der Waals surface area contributed by atoms with E-state index >= 15 is 0 Å². The smallest absolute Gasteiger partial charge is 0.237 e. The highest BCUT2D eigenvalue weighted by atomic mass is 32.2. The van der Waals surface area contributed by atoms with Crippen molar-refractivity contribution in [2.45, 2.75) is 63.7 Å². The summed E-state index contributed by atoms with van der Waals surface area (Å²) in [5.74, 6) is 0.586. The Labute approximate surface area is 171 Å². The second-order valence-electron chi connectivity index (χ2n) is 7.73. The van der Waals surface area contributed by atoms with E-state index in [9.17, 15) is 10.1 Å².